The maximum atomic E-state index is 11.9. The number of carbonyl (C=O) groups is 1. The Morgan fingerprint density at radius 1 is 1.62 bits per heavy atom. The van der Waals surface area contributed by atoms with E-state index in [0.717, 1.165) is 32.2 Å². The molecule has 1 saturated heterocycles. The van der Waals surface area contributed by atoms with Crippen LogP contribution in [0.25, 0.3) is 0 Å². The Morgan fingerprint density at radius 2 is 2.31 bits per heavy atom. The van der Waals surface area contributed by atoms with Crippen molar-refractivity contribution in [2.45, 2.75) is 51.7 Å². The summed E-state index contributed by atoms with van der Waals surface area (Å²) in [7, 11) is 0. The average molecular weight is 228 g/mol. The van der Waals surface area contributed by atoms with Gasteiger partial charge in [-0.15, -0.1) is 0 Å². The zero-order chi connectivity index (χ0) is 12.1. The third-order valence-corrected chi connectivity index (χ3v) is 3.40. The summed E-state index contributed by atoms with van der Waals surface area (Å²) < 4.78 is 0. The molecule has 1 fully saturated rings. The molecule has 16 heavy (non-hydrogen) atoms. The van der Waals surface area contributed by atoms with Gasteiger partial charge in [-0.3, -0.25) is 4.79 Å². The fourth-order valence-electron chi connectivity index (χ4n) is 2.16. The first kappa shape index (κ1) is 13.5. The van der Waals surface area contributed by atoms with Crippen LogP contribution in [0.15, 0.2) is 0 Å². The van der Waals surface area contributed by atoms with Gasteiger partial charge >= 0.3 is 0 Å². The SMILES string of the molecule is CCCC[C@H](N)C(=O)N1CCC(C(C)O)C1. The van der Waals surface area contributed by atoms with Crippen molar-refractivity contribution >= 4 is 5.91 Å². The lowest BCUT2D eigenvalue weighted by Gasteiger charge is -2.21. The lowest BCUT2D eigenvalue weighted by Crippen LogP contribution is -2.43. The number of aliphatic hydroxyl groups is 1. The molecule has 4 heteroatoms. The van der Waals surface area contributed by atoms with Gasteiger partial charge in [0.15, 0.2) is 0 Å². The Balaban J connectivity index is 2.38. The number of likely N-dealkylation sites (tertiary alicyclic amines) is 1. The fraction of sp³-hybridized carbons (Fsp3) is 0.917. The smallest absolute Gasteiger partial charge is 0.239 e. The fourth-order valence-corrected chi connectivity index (χ4v) is 2.16. The van der Waals surface area contributed by atoms with E-state index in [0.29, 0.717) is 6.54 Å². The lowest BCUT2D eigenvalue weighted by atomic mass is 10.0. The number of rotatable bonds is 5. The van der Waals surface area contributed by atoms with Gasteiger partial charge in [0.2, 0.25) is 5.91 Å². The molecule has 4 nitrogen and oxygen atoms in total. The molecular weight excluding hydrogens is 204 g/mol. The Labute approximate surface area is 97.8 Å². The zero-order valence-electron chi connectivity index (χ0n) is 10.4. The summed E-state index contributed by atoms with van der Waals surface area (Å²) in [5, 5.41) is 9.46. The van der Waals surface area contributed by atoms with Crippen LogP contribution in [-0.2, 0) is 4.79 Å². The first-order chi connectivity index (χ1) is 7.56. The van der Waals surface area contributed by atoms with E-state index in [-0.39, 0.29) is 24.0 Å². The third-order valence-electron chi connectivity index (χ3n) is 3.40. The number of carbonyl (C=O) groups excluding carboxylic acids is 1. The molecule has 1 heterocycles. The van der Waals surface area contributed by atoms with Gasteiger partial charge in [0, 0.05) is 19.0 Å². The largest absolute Gasteiger partial charge is 0.393 e. The zero-order valence-corrected chi connectivity index (χ0v) is 10.4. The quantitative estimate of drug-likeness (QED) is 0.729. The van der Waals surface area contributed by atoms with Gasteiger partial charge < -0.3 is 15.7 Å². The Hall–Kier alpha value is -0.610. The van der Waals surface area contributed by atoms with Crippen LogP contribution in [0.5, 0.6) is 0 Å². The highest BCUT2D eigenvalue weighted by Crippen LogP contribution is 2.20. The molecule has 1 rings (SSSR count). The first-order valence-electron chi connectivity index (χ1n) is 6.28. The monoisotopic (exact) mass is 228 g/mol. The molecule has 2 unspecified atom stereocenters. The van der Waals surface area contributed by atoms with Crippen LogP contribution >= 0.6 is 0 Å². The van der Waals surface area contributed by atoms with Crippen molar-refractivity contribution in [2.75, 3.05) is 13.1 Å². The molecule has 0 aromatic rings. The maximum Gasteiger partial charge on any atom is 0.239 e. The molecule has 0 radical (unpaired) electrons. The van der Waals surface area contributed by atoms with Crippen molar-refractivity contribution in [3.05, 3.63) is 0 Å². The summed E-state index contributed by atoms with van der Waals surface area (Å²) in [6, 6.07) is -0.354. The van der Waals surface area contributed by atoms with E-state index in [1.807, 2.05) is 0 Å². The van der Waals surface area contributed by atoms with Crippen molar-refractivity contribution in [3.8, 4) is 0 Å². The van der Waals surface area contributed by atoms with E-state index in [4.69, 9.17) is 5.73 Å². The van der Waals surface area contributed by atoms with Gasteiger partial charge in [-0.2, -0.15) is 0 Å². The summed E-state index contributed by atoms with van der Waals surface area (Å²) in [6.45, 7) is 5.29. The van der Waals surface area contributed by atoms with Crippen LogP contribution in [0.3, 0.4) is 0 Å². The van der Waals surface area contributed by atoms with Crippen molar-refractivity contribution < 1.29 is 9.90 Å². The minimum absolute atomic E-state index is 0.0524. The maximum absolute atomic E-state index is 11.9. The topological polar surface area (TPSA) is 66.6 Å². The van der Waals surface area contributed by atoms with E-state index in [9.17, 15) is 9.90 Å². The number of hydrogen-bond donors (Lipinski definition) is 2. The van der Waals surface area contributed by atoms with Crippen LogP contribution in [0.1, 0.15) is 39.5 Å². The highest BCUT2D eigenvalue weighted by molar-refractivity contribution is 5.81. The second-order valence-electron chi connectivity index (χ2n) is 4.82. The predicted molar refractivity (Wildman–Crippen MR) is 63.9 cm³/mol. The van der Waals surface area contributed by atoms with Crippen molar-refractivity contribution in [1.29, 1.82) is 0 Å². The number of aliphatic hydroxyl groups excluding tert-OH is 1. The number of hydrogen-bond acceptors (Lipinski definition) is 3. The molecule has 0 aromatic heterocycles. The third kappa shape index (κ3) is 3.46. The standard InChI is InChI=1S/C12H24N2O2/c1-3-4-5-11(13)12(16)14-7-6-10(8-14)9(2)15/h9-11,15H,3-8,13H2,1-2H3/t9?,10?,11-/m0/s1. The summed E-state index contributed by atoms with van der Waals surface area (Å²) in [5.41, 5.74) is 5.85. The normalized spacial score (nSPS) is 24.5. The van der Waals surface area contributed by atoms with Gasteiger partial charge in [0.1, 0.15) is 0 Å². The van der Waals surface area contributed by atoms with Crippen LogP contribution in [0, 0.1) is 5.92 Å². The van der Waals surface area contributed by atoms with E-state index < -0.39 is 0 Å². The highest BCUT2D eigenvalue weighted by atomic mass is 16.3. The average Bonchev–Trinajstić information content (AvgIpc) is 2.74. The summed E-state index contributed by atoms with van der Waals surface area (Å²) in [4.78, 5) is 13.7. The van der Waals surface area contributed by atoms with Gasteiger partial charge in [-0.25, -0.2) is 0 Å². The Kier molecular flexibility index (Phi) is 5.22. The van der Waals surface area contributed by atoms with Crippen LogP contribution in [0.2, 0.25) is 0 Å². The molecule has 0 aliphatic carbocycles. The van der Waals surface area contributed by atoms with E-state index in [1.54, 1.807) is 11.8 Å². The molecule has 0 bridgehead atoms. The molecule has 3 N–H and O–H groups in total. The van der Waals surface area contributed by atoms with Gasteiger partial charge in [0.25, 0.3) is 0 Å². The van der Waals surface area contributed by atoms with Crippen LogP contribution < -0.4 is 5.73 Å². The van der Waals surface area contributed by atoms with Crippen molar-refractivity contribution in [1.82, 2.24) is 4.90 Å². The number of unbranched alkanes of at least 4 members (excludes halogenated alkanes) is 1. The summed E-state index contributed by atoms with van der Waals surface area (Å²) in [5.74, 6) is 0.277. The van der Waals surface area contributed by atoms with Gasteiger partial charge in [-0.1, -0.05) is 19.8 Å². The first-order valence-corrected chi connectivity index (χ1v) is 6.28. The minimum atomic E-state index is -0.354. The summed E-state index contributed by atoms with van der Waals surface area (Å²) >= 11 is 0. The molecule has 0 aromatic carbocycles. The highest BCUT2D eigenvalue weighted by Gasteiger charge is 2.30. The molecule has 1 amide bonds. The molecule has 1 aliphatic heterocycles. The van der Waals surface area contributed by atoms with E-state index in [1.165, 1.54) is 0 Å². The molecular formula is C12H24N2O2. The van der Waals surface area contributed by atoms with E-state index in [2.05, 4.69) is 6.92 Å². The van der Waals surface area contributed by atoms with Gasteiger partial charge in [0.05, 0.1) is 12.1 Å². The molecule has 1 aliphatic rings. The van der Waals surface area contributed by atoms with Crippen LogP contribution in [-0.4, -0.2) is 41.1 Å². The van der Waals surface area contributed by atoms with Crippen molar-refractivity contribution in [3.63, 3.8) is 0 Å². The number of nitrogens with two attached hydrogens (primary N) is 1. The lowest BCUT2D eigenvalue weighted by molar-refractivity contribution is -0.131. The second-order valence-corrected chi connectivity index (χ2v) is 4.82. The second kappa shape index (κ2) is 6.21. The molecule has 0 saturated carbocycles. The number of amides is 1. The minimum Gasteiger partial charge on any atom is -0.393 e. The Bertz CT molecular complexity index is 231. The van der Waals surface area contributed by atoms with E-state index >= 15 is 0 Å². The predicted octanol–water partition coefficient (Wildman–Crippen LogP) is 0.733. The molecule has 94 valence electrons. The molecule has 3 atom stereocenters. The number of nitrogens with zero attached hydrogens (tertiary/aromatic N) is 1. The van der Waals surface area contributed by atoms with Crippen LogP contribution in [0.4, 0.5) is 0 Å². The summed E-state index contributed by atoms with van der Waals surface area (Å²) in [6.07, 6.45) is 3.40. The van der Waals surface area contributed by atoms with Gasteiger partial charge in [-0.05, 0) is 19.8 Å². The van der Waals surface area contributed by atoms with Crippen molar-refractivity contribution in [2.24, 2.45) is 11.7 Å². The Morgan fingerprint density at radius 3 is 2.81 bits per heavy atom. The molecule has 0 spiro atoms.